The first-order chi connectivity index (χ1) is 10.4. The highest BCUT2D eigenvalue weighted by molar-refractivity contribution is 14.1. The first-order valence-corrected chi connectivity index (χ1v) is 8.29. The van der Waals surface area contributed by atoms with Crippen molar-refractivity contribution in [3.63, 3.8) is 0 Å². The second-order valence-electron chi connectivity index (χ2n) is 4.65. The summed E-state index contributed by atoms with van der Waals surface area (Å²) in [5.41, 5.74) is 1.96. The van der Waals surface area contributed by atoms with E-state index in [1.165, 1.54) is 6.92 Å². The maximum atomic E-state index is 12.5. The molecule has 0 bridgehead atoms. The van der Waals surface area contributed by atoms with E-state index in [4.69, 9.17) is 4.74 Å². The van der Waals surface area contributed by atoms with Gasteiger partial charge in [-0.15, -0.1) is 0 Å². The molecule has 0 aliphatic carbocycles. The molecule has 0 aliphatic rings. The van der Waals surface area contributed by atoms with Crippen molar-refractivity contribution < 1.29 is 14.3 Å². The number of hydrogen-bond donors (Lipinski definition) is 1. The predicted molar refractivity (Wildman–Crippen MR) is 97.3 cm³/mol. The van der Waals surface area contributed by atoms with Gasteiger partial charge < -0.3 is 10.1 Å². The maximum Gasteiger partial charge on any atom is 0.308 e. The van der Waals surface area contributed by atoms with Gasteiger partial charge in [0.25, 0.3) is 5.91 Å². The Kier molecular flexibility index (Phi) is 5.57. The van der Waals surface area contributed by atoms with Gasteiger partial charge >= 0.3 is 5.97 Å². The van der Waals surface area contributed by atoms with Crippen molar-refractivity contribution in [2.75, 3.05) is 5.32 Å². The minimum atomic E-state index is -0.464. The fourth-order valence-corrected chi connectivity index (χ4v) is 2.69. The van der Waals surface area contributed by atoms with Crippen molar-refractivity contribution in [2.45, 2.75) is 13.8 Å². The van der Waals surface area contributed by atoms with Crippen molar-refractivity contribution in [3.8, 4) is 5.75 Å². The zero-order valence-electron chi connectivity index (χ0n) is 11.9. The molecule has 0 aliphatic heterocycles. The lowest BCUT2D eigenvalue weighted by molar-refractivity contribution is -0.131. The van der Waals surface area contributed by atoms with E-state index in [1.807, 2.05) is 25.1 Å². The molecule has 114 valence electrons. The summed E-state index contributed by atoms with van der Waals surface area (Å²) in [4.78, 5) is 23.7. The topological polar surface area (TPSA) is 55.4 Å². The van der Waals surface area contributed by atoms with Gasteiger partial charge in [-0.1, -0.05) is 22.0 Å². The summed E-state index contributed by atoms with van der Waals surface area (Å²) in [6.07, 6.45) is 0. The molecule has 0 spiro atoms. The molecule has 0 saturated carbocycles. The predicted octanol–water partition coefficient (Wildman–Crippen LogP) is 4.54. The molecule has 6 heteroatoms. The normalized spacial score (nSPS) is 10.2. The van der Waals surface area contributed by atoms with E-state index < -0.39 is 5.97 Å². The summed E-state index contributed by atoms with van der Waals surface area (Å²) in [5.74, 6) is -0.539. The summed E-state index contributed by atoms with van der Waals surface area (Å²) in [7, 11) is 0. The monoisotopic (exact) mass is 473 g/mol. The summed E-state index contributed by atoms with van der Waals surface area (Å²) < 4.78 is 6.85. The molecule has 0 saturated heterocycles. The molecule has 0 radical (unpaired) electrons. The molecule has 0 atom stereocenters. The van der Waals surface area contributed by atoms with E-state index in [-0.39, 0.29) is 11.7 Å². The van der Waals surface area contributed by atoms with Crippen LogP contribution in [0, 0.1) is 10.5 Å². The van der Waals surface area contributed by atoms with Crippen LogP contribution in [0.1, 0.15) is 22.8 Å². The molecule has 0 unspecified atom stereocenters. The number of anilines is 1. The van der Waals surface area contributed by atoms with E-state index in [9.17, 15) is 9.59 Å². The molecular weight excluding hydrogens is 461 g/mol. The van der Waals surface area contributed by atoms with Crippen LogP contribution in [0.15, 0.2) is 40.9 Å². The highest BCUT2D eigenvalue weighted by atomic mass is 127. The minimum absolute atomic E-state index is 0.248. The van der Waals surface area contributed by atoms with Crippen LogP contribution < -0.4 is 10.1 Å². The third-order valence-electron chi connectivity index (χ3n) is 2.89. The van der Waals surface area contributed by atoms with Gasteiger partial charge in [0.1, 0.15) is 5.75 Å². The molecule has 1 N–H and O–H groups in total. The molecule has 1 amide bonds. The number of carbonyl (C=O) groups excluding carboxylic acids is 2. The molecule has 4 nitrogen and oxygen atoms in total. The van der Waals surface area contributed by atoms with Crippen LogP contribution in [-0.2, 0) is 4.79 Å². The third kappa shape index (κ3) is 4.30. The van der Waals surface area contributed by atoms with Crippen molar-refractivity contribution >= 4 is 56.1 Å². The lowest BCUT2D eigenvalue weighted by Crippen LogP contribution is -2.15. The average molecular weight is 474 g/mol. The minimum Gasteiger partial charge on any atom is -0.426 e. The highest BCUT2D eigenvalue weighted by Crippen LogP contribution is 2.25. The van der Waals surface area contributed by atoms with Crippen LogP contribution in [0.25, 0.3) is 0 Å². The third-order valence-corrected chi connectivity index (χ3v) is 4.05. The second kappa shape index (κ2) is 7.23. The number of amides is 1. The van der Waals surface area contributed by atoms with Crippen LogP contribution in [0.3, 0.4) is 0 Å². The Morgan fingerprint density at radius 1 is 1.18 bits per heavy atom. The van der Waals surface area contributed by atoms with Crippen molar-refractivity contribution in [1.29, 1.82) is 0 Å². The molecular formula is C16H13BrINO3. The summed E-state index contributed by atoms with van der Waals surface area (Å²) in [6.45, 7) is 3.21. The number of halogens is 2. The maximum absolute atomic E-state index is 12.5. The SMILES string of the molecule is CC(=O)Oc1ccc(I)cc1C(=O)Nc1cc(Br)ccc1C. The van der Waals surface area contributed by atoms with Gasteiger partial charge in [0.2, 0.25) is 0 Å². The van der Waals surface area contributed by atoms with Gasteiger partial charge in [0.15, 0.2) is 0 Å². The number of rotatable bonds is 3. The quantitative estimate of drug-likeness (QED) is 0.404. The fourth-order valence-electron chi connectivity index (χ4n) is 1.84. The standard InChI is InChI=1S/C16H13BrINO3/c1-9-3-4-11(17)7-14(9)19-16(21)13-8-12(18)5-6-15(13)22-10(2)20/h3-8H,1-2H3,(H,19,21). The molecule has 0 fully saturated rings. The largest absolute Gasteiger partial charge is 0.426 e. The van der Waals surface area contributed by atoms with Gasteiger partial charge in [0.05, 0.1) is 5.56 Å². The van der Waals surface area contributed by atoms with Gasteiger partial charge in [-0.3, -0.25) is 9.59 Å². The smallest absolute Gasteiger partial charge is 0.308 e. The Hall–Kier alpha value is -1.41. The molecule has 2 aromatic rings. The first kappa shape index (κ1) is 17.0. The van der Waals surface area contributed by atoms with Crippen molar-refractivity contribution in [1.82, 2.24) is 0 Å². The summed E-state index contributed by atoms with van der Waals surface area (Å²) in [6, 6.07) is 10.7. The van der Waals surface area contributed by atoms with Crippen LogP contribution in [0.2, 0.25) is 0 Å². The fraction of sp³-hybridized carbons (Fsp3) is 0.125. The summed E-state index contributed by atoms with van der Waals surface area (Å²) in [5, 5.41) is 2.84. The Morgan fingerprint density at radius 3 is 2.59 bits per heavy atom. The number of esters is 1. The van der Waals surface area contributed by atoms with Gasteiger partial charge in [-0.25, -0.2) is 0 Å². The van der Waals surface area contributed by atoms with E-state index in [1.54, 1.807) is 18.2 Å². The van der Waals surface area contributed by atoms with E-state index in [0.717, 1.165) is 13.6 Å². The van der Waals surface area contributed by atoms with Crippen LogP contribution >= 0.6 is 38.5 Å². The Bertz CT molecular complexity index is 746. The van der Waals surface area contributed by atoms with E-state index >= 15 is 0 Å². The molecule has 2 aromatic carbocycles. The Balaban J connectivity index is 2.34. The first-order valence-electron chi connectivity index (χ1n) is 6.42. The Labute approximate surface area is 150 Å². The van der Waals surface area contributed by atoms with Crippen LogP contribution in [0.4, 0.5) is 5.69 Å². The van der Waals surface area contributed by atoms with Gasteiger partial charge in [-0.2, -0.15) is 0 Å². The number of hydrogen-bond acceptors (Lipinski definition) is 3. The van der Waals surface area contributed by atoms with E-state index in [0.29, 0.717) is 11.3 Å². The highest BCUT2D eigenvalue weighted by Gasteiger charge is 2.16. The van der Waals surface area contributed by atoms with Crippen molar-refractivity contribution in [2.24, 2.45) is 0 Å². The number of aryl methyl sites for hydroxylation is 1. The van der Waals surface area contributed by atoms with Crippen molar-refractivity contribution in [3.05, 3.63) is 55.6 Å². The lowest BCUT2D eigenvalue weighted by Gasteiger charge is -2.12. The van der Waals surface area contributed by atoms with Crippen LogP contribution in [-0.4, -0.2) is 11.9 Å². The molecule has 2 rings (SSSR count). The Morgan fingerprint density at radius 2 is 1.91 bits per heavy atom. The molecule has 0 heterocycles. The number of nitrogens with one attached hydrogen (secondary N) is 1. The zero-order chi connectivity index (χ0) is 16.3. The molecule has 0 aromatic heterocycles. The molecule has 22 heavy (non-hydrogen) atoms. The number of carbonyl (C=O) groups is 2. The van der Waals surface area contributed by atoms with Gasteiger partial charge in [-0.05, 0) is 65.4 Å². The number of ether oxygens (including phenoxy) is 1. The zero-order valence-corrected chi connectivity index (χ0v) is 15.7. The van der Waals surface area contributed by atoms with Crippen LogP contribution in [0.5, 0.6) is 5.75 Å². The van der Waals surface area contributed by atoms with Gasteiger partial charge in [0, 0.05) is 20.7 Å². The second-order valence-corrected chi connectivity index (χ2v) is 6.81. The average Bonchev–Trinajstić information content (AvgIpc) is 2.44. The van der Waals surface area contributed by atoms with E-state index in [2.05, 4.69) is 43.8 Å². The lowest BCUT2D eigenvalue weighted by atomic mass is 10.1. The number of benzene rings is 2. The summed E-state index contributed by atoms with van der Waals surface area (Å²) >= 11 is 5.48.